The van der Waals surface area contributed by atoms with Crippen LogP contribution in [0.3, 0.4) is 0 Å². The van der Waals surface area contributed by atoms with Crippen molar-refractivity contribution in [3.05, 3.63) is 65.7 Å². The van der Waals surface area contributed by atoms with Gasteiger partial charge in [0.05, 0.1) is 0 Å². The standard InChI is InChI=1S/C15H15NO/c16-13-10-15(11-6-2-1-3-7-11)17-14-9-5-4-8-12(13)14/h1-9,13,15H,10,16H2/t13-,15+/m1/s1. The van der Waals surface area contributed by atoms with Crippen LogP contribution in [0.4, 0.5) is 0 Å². The maximum Gasteiger partial charge on any atom is 0.126 e. The summed E-state index contributed by atoms with van der Waals surface area (Å²) in [5.74, 6) is 0.917. The minimum atomic E-state index is 0.0603. The van der Waals surface area contributed by atoms with Gasteiger partial charge in [0.25, 0.3) is 0 Å². The summed E-state index contributed by atoms with van der Waals surface area (Å²) in [6.45, 7) is 0. The first kappa shape index (κ1) is 10.4. The van der Waals surface area contributed by atoms with Gasteiger partial charge in [0.15, 0.2) is 0 Å². The molecule has 1 aliphatic rings. The Labute approximate surface area is 101 Å². The highest BCUT2D eigenvalue weighted by atomic mass is 16.5. The topological polar surface area (TPSA) is 35.2 Å². The summed E-state index contributed by atoms with van der Waals surface area (Å²) < 4.78 is 6.01. The molecule has 3 rings (SSSR count). The number of fused-ring (bicyclic) bond motifs is 1. The van der Waals surface area contributed by atoms with Crippen LogP contribution < -0.4 is 10.5 Å². The minimum absolute atomic E-state index is 0.0603. The summed E-state index contributed by atoms with van der Waals surface area (Å²) in [6, 6.07) is 18.3. The Morgan fingerprint density at radius 1 is 0.941 bits per heavy atom. The summed E-state index contributed by atoms with van der Waals surface area (Å²) in [5.41, 5.74) is 8.50. The quantitative estimate of drug-likeness (QED) is 0.808. The lowest BCUT2D eigenvalue weighted by molar-refractivity contribution is 0.161. The number of hydrogen-bond donors (Lipinski definition) is 1. The average molecular weight is 225 g/mol. The van der Waals surface area contributed by atoms with Crippen molar-refractivity contribution in [1.82, 2.24) is 0 Å². The fraction of sp³-hybridized carbons (Fsp3) is 0.200. The number of nitrogens with two attached hydrogens (primary N) is 1. The number of ether oxygens (including phenoxy) is 1. The number of hydrogen-bond acceptors (Lipinski definition) is 2. The second-order valence-electron chi connectivity index (χ2n) is 4.40. The van der Waals surface area contributed by atoms with E-state index in [9.17, 15) is 0 Å². The van der Waals surface area contributed by atoms with Gasteiger partial charge in [0, 0.05) is 18.0 Å². The van der Waals surface area contributed by atoms with E-state index in [-0.39, 0.29) is 12.1 Å². The molecule has 17 heavy (non-hydrogen) atoms. The van der Waals surface area contributed by atoms with Crippen molar-refractivity contribution in [3.63, 3.8) is 0 Å². The number of para-hydroxylation sites is 1. The summed E-state index contributed by atoms with van der Waals surface area (Å²) in [5, 5.41) is 0. The van der Waals surface area contributed by atoms with Crippen molar-refractivity contribution in [2.24, 2.45) is 5.73 Å². The molecule has 0 saturated carbocycles. The lowest BCUT2D eigenvalue weighted by Crippen LogP contribution is -2.23. The Balaban J connectivity index is 1.94. The van der Waals surface area contributed by atoms with Crippen LogP contribution in [0.15, 0.2) is 54.6 Å². The Morgan fingerprint density at radius 3 is 2.47 bits per heavy atom. The van der Waals surface area contributed by atoms with E-state index in [0.717, 1.165) is 17.7 Å². The maximum absolute atomic E-state index is 6.19. The molecule has 0 aromatic heterocycles. The number of benzene rings is 2. The van der Waals surface area contributed by atoms with E-state index in [1.165, 1.54) is 5.56 Å². The van der Waals surface area contributed by atoms with Gasteiger partial charge in [-0.05, 0) is 11.6 Å². The fourth-order valence-electron chi connectivity index (χ4n) is 2.32. The zero-order chi connectivity index (χ0) is 11.7. The van der Waals surface area contributed by atoms with Gasteiger partial charge in [-0.3, -0.25) is 0 Å². The first-order valence-electron chi connectivity index (χ1n) is 5.91. The van der Waals surface area contributed by atoms with Crippen molar-refractivity contribution >= 4 is 0 Å². The van der Waals surface area contributed by atoms with Crippen LogP contribution in [0.25, 0.3) is 0 Å². The lowest BCUT2D eigenvalue weighted by Gasteiger charge is -2.30. The zero-order valence-corrected chi connectivity index (χ0v) is 9.54. The summed E-state index contributed by atoms with van der Waals surface area (Å²) in [4.78, 5) is 0. The van der Waals surface area contributed by atoms with Crippen molar-refractivity contribution in [2.45, 2.75) is 18.6 Å². The summed E-state index contributed by atoms with van der Waals surface area (Å²) >= 11 is 0. The third-order valence-corrected chi connectivity index (χ3v) is 3.23. The van der Waals surface area contributed by atoms with Crippen LogP contribution in [0, 0.1) is 0 Å². The molecule has 2 atom stereocenters. The fourth-order valence-corrected chi connectivity index (χ4v) is 2.32. The van der Waals surface area contributed by atoms with Crippen LogP contribution in [0.2, 0.25) is 0 Å². The highest BCUT2D eigenvalue weighted by molar-refractivity contribution is 5.38. The molecule has 0 saturated heterocycles. The molecule has 0 amide bonds. The first-order valence-corrected chi connectivity index (χ1v) is 5.91. The van der Waals surface area contributed by atoms with Gasteiger partial charge in [-0.15, -0.1) is 0 Å². The highest BCUT2D eigenvalue weighted by Crippen LogP contribution is 2.39. The Morgan fingerprint density at radius 2 is 1.65 bits per heavy atom. The molecule has 2 heteroatoms. The zero-order valence-electron chi connectivity index (χ0n) is 9.54. The molecule has 0 fully saturated rings. The SMILES string of the molecule is N[C@@H]1C[C@@H](c2ccccc2)Oc2ccccc21. The van der Waals surface area contributed by atoms with Crippen LogP contribution >= 0.6 is 0 Å². The predicted octanol–water partition coefficient (Wildman–Crippen LogP) is 3.21. The van der Waals surface area contributed by atoms with Gasteiger partial charge in [-0.25, -0.2) is 0 Å². The third kappa shape index (κ3) is 1.92. The van der Waals surface area contributed by atoms with Gasteiger partial charge in [0.1, 0.15) is 11.9 Å². The molecule has 0 aliphatic carbocycles. The molecule has 2 N–H and O–H groups in total. The molecule has 2 aromatic carbocycles. The Bertz CT molecular complexity index is 509. The van der Waals surface area contributed by atoms with E-state index < -0.39 is 0 Å². The van der Waals surface area contributed by atoms with E-state index in [0.29, 0.717) is 0 Å². The second-order valence-corrected chi connectivity index (χ2v) is 4.40. The van der Waals surface area contributed by atoms with Gasteiger partial charge < -0.3 is 10.5 Å². The van der Waals surface area contributed by atoms with E-state index in [1.54, 1.807) is 0 Å². The molecule has 2 nitrogen and oxygen atoms in total. The molecule has 86 valence electrons. The monoisotopic (exact) mass is 225 g/mol. The first-order chi connectivity index (χ1) is 8.34. The molecular formula is C15H15NO. The average Bonchev–Trinajstić information content (AvgIpc) is 2.40. The van der Waals surface area contributed by atoms with E-state index >= 15 is 0 Å². The highest BCUT2D eigenvalue weighted by Gasteiger charge is 2.26. The van der Waals surface area contributed by atoms with Gasteiger partial charge in [0.2, 0.25) is 0 Å². The molecule has 0 spiro atoms. The molecule has 2 aromatic rings. The van der Waals surface area contributed by atoms with E-state index in [2.05, 4.69) is 12.1 Å². The predicted molar refractivity (Wildman–Crippen MR) is 67.8 cm³/mol. The van der Waals surface area contributed by atoms with Gasteiger partial charge in [-0.1, -0.05) is 48.5 Å². The van der Waals surface area contributed by atoms with Crippen LogP contribution in [0.1, 0.15) is 29.7 Å². The molecule has 0 bridgehead atoms. The Hall–Kier alpha value is -1.80. The van der Waals surface area contributed by atoms with E-state index in [4.69, 9.17) is 10.5 Å². The minimum Gasteiger partial charge on any atom is -0.485 e. The largest absolute Gasteiger partial charge is 0.485 e. The molecule has 1 aliphatic heterocycles. The molecule has 0 radical (unpaired) electrons. The van der Waals surface area contributed by atoms with Crippen molar-refractivity contribution in [1.29, 1.82) is 0 Å². The van der Waals surface area contributed by atoms with Crippen LogP contribution in [0.5, 0.6) is 5.75 Å². The summed E-state index contributed by atoms with van der Waals surface area (Å²) in [7, 11) is 0. The van der Waals surface area contributed by atoms with Gasteiger partial charge in [-0.2, -0.15) is 0 Å². The van der Waals surface area contributed by atoms with Crippen molar-refractivity contribution in [2.75, 3.05) is 0 Å². The smallest absolute Gasteiger partial charge is 0.126 e. The molecule has 1 heterocycles. The van der Waals surface area contributed by atoms with E-state index in [1.807, 2.05) is 42.5 Å². The number of rotatable bonds is 1. The van der Waals surface area contributed by atoms with Crippen molar-refractivity contribution in [3.8, 4) is 5.75 Å². The summed E-state index contributed by atoms with van der Waals surface area (Å²) in [6.07, 6.45) is 0.905. The van der Waals surface area contributed by atoms with Gasteiger partial charge >= 0.3 is 0 Å². The molecular weight excluding hydrogens is 210 g/mol. The normalized spacial score (nSPS) is 22.6. The van der Waals surface area contributed by atoms with Crippen LogP contribution in [-0.2, 0) is 0 Å². The molecule has 0 unspecified atom stereocenters. The second kappa shape index (κ2) is 4.22. The lowest BCUT2D eigenvalue weighted by atomic mass is 9.94. The van der Waals surface area contributed by atoms with Crippen LogP contribution in [-0.4, -0.2) is 0 Å². The maximum atomic E-state index is 6.19. The van der Waals surface area contributed by atoms with Crippen molar-refractivity contribution < 1.29 is 4.74 Å². The Kier molecular flexibility index (Phi) is 2.57. The third-order valence-electron chi connectivity index (χ3n) is 3.23.